The number of ether oxygens (including phenoxy) is 2. The van der Waals surface area contributed by atoms with Gasteiger partial charge in [0.2, 0.25) is 11.5 Å². The molecule has 4 N–H and O–H groups in total. The van der Waals surface area contributed by atoms with Crippen LogP contribution in [-0.2, 0) is 28.2 Å². The number of aromatic nitrogens is 3. The molecule has 47 heavy (non-hydrogen) atoms. The molecular formula is C31H39N6O9P. The summed E-state index contributed by atoms with van der Waals surface area (Å²) >= 11 is 0. The predicted octanol–water partition coefficient (Wildman–Crippen LogP) is 3.58. The highest BCUT2D eigenvalue weighted by Gasteiger charge is 2.57. The Morgan fingerprint density at radius 3 is 2.64 bits per heavy atom. The van der Waals surface area contributed by atoms with Crippen molar-refractivity contribution in [1.29, 1.82) is 5.26 Å². The summed E-state index contributed by atoms with van der Waals surface area (Å²) in [5, 5.41) is 42.0. The smallest absolute Gasteiger partial charge is 0.459 e. The Labute approximate surface area is 271 Å². The van der Waals surface area contributed by atoms with Crippen LogP contribution in [0.3, 0.4) is 0 Å². The number of nitrogens with one attached hydrogen (secondary N) is 2. The standard InChI is InChI=1S/C31H39N6O9P/c1-3-10-25(38)35-29-24-16-15-23(37(24)34-19-33-29)27-26(39)28(40)31(17-32,45-27)18-43-47(42,46-22-13-8-5-9-14-22)36-20(2)30(41)44-21-11-6-4-7-12-21/h5,8-9,13-16,19-21,26-28,39-40H,3-4,6-7,10-12,18H2,1-2H3,(H,36,42)(H,33,34,35,38)/t20-,26-,27-,28-,31+,47-/m0/s1. The second-order valence-electron chi connectivity index (χ2n) is 11.7. The van der Waals surface area contributed by atoms with Crippen molar-refractivity contribution in [2.24, 2.45) is 0 Å². The van der Waals surface area contributed by atoms with Crippen LogP contribution >= 0.6 is 7.75 Å². The number of fused-ring (bicyclic) bond motifs is 1. The van der Waals surface area contributed by atoms with E-state index in [4.69, 9.17) is 18.5 Å². The number of aliphatic hydroxyl groups excluding tert-OH is 2. The summed E-state index contributed by atoms with van der Waals surface area (Å²) in [4.78, 5) is 29.3. The third-order valence-corrected chi connectivity index (χ3v) is 9.73. The van der Waals surface area contributed by atoms with E-state index in [1.165, 1.54) is 29.9 Å². The van der Waals surface area contributed by atoms with Gasteiger partial charge in [0.25, 0.3) is 0 Å². The number of hydrogen-bond acceptors (Lipinski definition) is 12. The average Bonchev–Trinajstić information content (AvgIpc) is 3.60. The SMILES string of the molecule is CCCC(=O)Nc1ncnn2c([C@@H]3O[C@](C#N)(CO[P@@](=O)(N[C@@H](C)C(=O)OC4CCCCC4)Oc4ccccc4)[C@@H](O)[C@H]3O)ccc12. The van der Waals surface area contributed by atoms with E-state index >= 15 is 0 Å². The molecule has 3 heterocycles. The first-order valence-corrected chi connectivity index (χ1v) is 17.2. The van der Waals surface area contributed by atoms with Gasteiger partial charge in [0.15, 0.2) is 5.82 Å². The largest absolute Gasteiger partial charge is 0.461 e. The number of carbonyl (C=O) groups is 2. The number of hydrogen-bond donors (Lipinski definition) is 4. The Kier molecular flexibility index (Phi) is 10.9. The van der Waals surface area contributed by atoms with Crippen molar-refractivity contribution in [2.45, 2.75) is 94.9 Å². The summed E-state index contributed by atoms with van der Waals surface area (Å²) in [6, 6.07) is 12.0. The molecule has 1 amide bonds. The van der Waals surface area contributed by atoms with Crippen LogP contribution in [0.25, 0.3) is 5.52 Å². The topological polar surface area (TPSA) is 207 Å². The number of nitriles is 1. The van der Waals surface area contributed by atoms with Crippen molar-refractivity contribution in [2.75, 3.05) is 11.9 Å². The highest BCUT2D eigenvalue weighted by molar-refractivity contribution is 7.52. The van der Waals surface area contributed by atoms with Gasteiger partial charge in [-0.25, -0.2) is 14.1 Å². The van der Waals surface area contributed by atoms with Gasteiger partial charge in [-0.3, -0.25) is 14.1 Å². The van der Waals surface area contributed by atoms with Gasteiger partial charge in [-0.2, -0.15) is 15.4 Å². The number of aliphatic hydroxyl groups is 2. The second kappa shape index (κ2) is 14.9. The van der Waals surface area contributed by atoms with Gasteiger partial charge < -0.3 is 29.5 Å². The Bertz CT molecular complexity index is 1640. The Hall–Kier alpha value is -3.90. The van der Waals surface area contributed by atoms with Gasteiger partial charge in [-0.05, 0) is 63.3 Å². The minimum absolute atomic E-state index is 0.147. The number of nitrogens with zero attached hydrogens (tertiary/aromatic N) is 4. The van der Waals surface area contributed by atoms with E-state index in [-0.39, 0.29) is 35.7 Å². The second-order valence-corrected chi connectivity index (χ2v) is 13.4. The van der Waals surface area contributed by atoms with Crippen LogP contribution in [-0.4, -0.2) is 73.2 Å². The van der Waals surface area contributed by atoms with Gasteiger partial charge in [0.1, 0.15) is 60.7 Å². The molecule has 2 aromatic heterocycles. The number of rotatable bonds is 13. The normalized spacial score (nSPS) is 25.0. The van der Waals surface area contributed by atoms with Crippen molar-refractivity contribution in [3.05, 3.63) is 54.5 Å². The number of amides is 1. The Balaban J connectivity index is 1.35. The lowest BCUT2D eigenvalue weighted by Gasteiger charge is -2.29. The fraction of sp³-hybridized carbons (Fsp3) is 0.516. The van der Waals surface area contributed by atoms with Crippen LogP contribution in [0, 0.1) is 11.3 Å². The van der Waals surface area contributed by atoms with E-state index < -0.39 is 50.3 Å². The van der Waals surface area contributed by atoms with Gasteiger partial charge in [-0.15, -0.1) is 0 Å². The molecule has 16 heteroatoms. The molecule has 2 fully saturated rings. The summed E-state index contributed by atoms with van der Waals surface area (Å²) < 4.78 is 38.5. The molecular weight excluding hydrogens is 631 g/mol. The lowest BCUT2D eigenvalue weighted by Crippen LogP contribution is -2.46. The summed E-state index contributed by atoms with van der Waals surface area (Å²) in [5.74, 6) is -0.508. The predicted molar refractivity (Wildman–Crippen MR) is 167 cm³/mol. The molecule has 0 bridgehead atoms. The van der Waals surface area contributed by atoms with Gasteiger partial charge in [0, 0.05) is 6.42 Å². The number of anilines is 1. The Morgan fingerprint density at radius 2 is 1.94 bits per heavy atom. The number of carbonyl (C=O) groups excluding carboxylic acids is 2. The fourth-order valence-corrected chi connectivity index (χ4v) is 7.13. The fourth-order valence-electron chi connectivity index (χ4n) is 5.60. The van der Waals surface area contributed by atoms with Gasteiger partial charge >= 0.3 is 13.7 Å². The summed E-state index contributed by atoms with van der Waals surface area (Å²) in [6.45, 7) is 2.50. The minimum atomic E-state index is -4.44. The zero-order chi connectivity index (χ0) is 33.6. The first kappa shape index (κ1) is 34.4. The monoisotopic (exact) mass is 670 g/mol. The number of para-hydroxylation sites is 1. The molecule has 6 atom stereocenters. The first-order chi connectivity index (χ1) is 22.6. The maximum Gasteiger partial charge on any atom is 0.459 e. The maximum absolute atomic E-state index is 14.1. The highest BCUT2D eigenvalue weighted by atomic mass is 31.2. The maximum atomic E-state index is 14.1. The molecule has 0 unspecified atom stereocenters. The third kappa shape index (κ3) is 7.81. The molecule has 252 valence electrons. The Morgan fingerprint density at radius 1 is 1.19 bits per heavy atom. The van der Waals surface area contributed by atoms with Crippen molar-refractivity contribution in [1.82, 2.24) is 19.7 Å². The van der Waals surface area contributed by atoms with Crippen LogP contribution in [0.15, 0.2) is 48.8 Å². The molecule has 1 saturated carbocycles. The van der Waals surface area contributed by atoms with Gasteiger partial charge in [0.05, 0.1) is 5.69 Å². The van der Waals surface area contributed by atoms with E-state index in [1.54, 1.807) is 30.3 Å². The molecule has 15 nitrogen and oxygen atoms in total. The third-order valence-electron chi connectivity index (χ3n) is 8.10. The van der Waals surface area contributed by atoms with E-state index in [0.717, 1.165) is 32.1 Å². The van der Waals surface area contributed by atoms with Gasteiger partial charge in [-0.1, -0.05) is 31.5 Å². The van der Waals surface area contributed by atoms with E-state index in [2.05, 4.69) is 20.5 Å². The lowest BCUT2D eigenvalue weighted by molar-refractivity contribution is -0.152. The average molecular weight is 671 g/mol. The van der Waals surface area contributed by atoms with Crippen LogP contribution in [0.2, 0.25) is 0 Å². The zero-order valence-electron chi connectivity index (χ0n) is 26.2. The minimum Gasteiger partial charge on any atom is -0.461 e. The van der Waals surface area contributed by atoms with Crippen LogP contribution in [0.5, 0.6) is 5.75 Å². The summed E-state index contributed by atoms with van der Waals surface area (Å²) in [5.41, 5.74) is -1.58. The van der Waals surface area contributed by atoms with Crippen molar-refractivity contribution >= 4 is 31.0 Å². The zero-order valence-corrected chi connectivity index (χ0v) is 27.0. The molecule has 1 saturated heterocycles. The number of esters is 1. The molecule has 2 aliphatic rings. The molecule has 0 spiro atoms. The van der Waals surface area contributed by atoms with Crippen LogP contribution in [0.1, 0.15) is 70.6 Å². The molecule has 3 aromatic rings. The van der Waals surface area contributed by atoms with Crippen LogP contribution in [0.4, 0.5) is 5.82 Å². The van der Waals surface area contributed by atoms with Crippen molar-refractivity contribution in [3.8, 4) is 11.8 Å². The van der Waals surface area contributed by atoms with Crippen molar-refractivity contribution < 1.29 is 42.9 Å². The van der Waals surface area contributed by atoms with Crippen LogP contribution < -0.4 is 14.9 Å². The van der Waals surface area contributed by atoms with E-state index in [9.17, 15) is 29.6 Å². The quantitative estimate of drug-likeness (QED) is 0.152. The van der Waals surface area contributed by atoms with E-state index in [0.29, 0.717) is 11.9 Å². The molecule has 1 aliphatic carbocycles. The number of benzene rings is 1. The summed E-state index contributed by atoms with van der Waals surface area (Å²) in [7, 11) is -4.44. The highest BCUT2D eigenvalue weighted by Crippen LogP contribution is 2.48. The lowest BCUT2D eigenvalue weighted by atomic mass is 9.96. The summed E-state index contributed by atoms with van der Waals surface area (Å²) in [6.07, 6.45) is 1.60. The molecule has 1 aromatic carbocycles. The first-order valence-electron chi connectivity index (χ1n) is 15.6. The molecule has 1 aliphatic heterocycles. The molecule has 0 radical (unpaired) electrons. The van der Waals surface area contributed by atoms with Crippen molar-refractivity contribution in [3.63, 3.8) is 0 Å². The van der Waals surface area contributed by atoms with E-state index in [1.807, 2.05) is 13.0 Å². The molecule has 5 rings (SSSR count).